The third-order valence-corrected chi connectivity index (χ3v) is 4.54. The standard InChI is InChI=1S/C13H24N2O2S/c1-3-13(4-2,11(14)18)12(17)15-9-5-7-10(16)8-6-9/h9-10,16H,3-8H2,1-2H3,(H2,14,18)(H,15,17). The van der Waals surface area contributed by atoms with Crippen molar-refractivity contribution in [3.63, 3.8) is 0 Å². The summed E-state index contributed by atoms with van der Waals surface area (Å²) in [5.74, 6) is -0.0543. The second-order valence-corrected chi connectivity index (χ2v) is 5.57. The molecule has 0 aromatic rings. The van der Waals surface area contributed by atoms with E-state index >= 15 is 0 Å². The molecule has 0 aromatic carbocycles. The third kappa shape index (κ3) is 3.20. The van der Waals surface area contributed by atoms with E-state index in [0.29, 0.717) is 12.8 Å². The number of nitrogens with two attached hydrogens (primary N) is 1. The summed E-state index contributed by atoms with van der Waals surface area (Å²) >= 11 is 5.07. The fourth-order valence-electron chi connectivity index (χ4n) is 2.58. The van der Waals surface area contributed by atoms with Crippen LogP contribution in [-0.4, -0.2) is 28.1 Å². The second kappa shape index (κ2) is 6.48. The van der Waals surface area contributed by atoms with E-state index in [4.69, 9.17) is 18.0 Å². The van der Waals surface area contributed by atoms with E-state index in [1.165, 1.54) is 0 Å². The number of nitrogens with one attached hydrogen (secondary N) is 1. The van der Waals surface area contributed by atoms with Crippen molar-refractivity contribution < 1.29 is 9.90 Å². The molecule has 0 heterocycles. The molecule has 0 aliphatic heterocycles. The van der Waals surface area contributed by atoms with E-state index in [0.717, 1.165) is 25.7 Å². The van der Waals surface area contributed by atoms with Gasteiger partial charge in [-0.15, -0.1) is 0 Å². The van der Waals surface area contributed by atoms with Gasteiger partial charge in [0.2, 0.25) is 5.91 Å². The average molecular weight is 272 g/mol. The van der Waals surface area contributed by atoms with Crippen LogP contribution in [0.25, 0.3) is 0 Å². The molecule has 0 spiro atoms. The van der Waals surface area contributed by atoms with Crippen LogP contribution in [0.5, 0.6) is 0 Å². The van der Waals surface area contributed by atoms with Crippen molar-refractivity contribution >= 4 is 23.1 Å². The fourth-order valence-corrected chi connectivity index (χ4v) is 2.96. The van der Waals surface area contributed by atoms with Crippen LogP contribution in [0.4, 0.5) is 0 Å². The average Bonchev–Trinajstić information content (AvgIpc) is 2.34. The van der Waals surface area contributed by atoms with Gasteiger partial charge in [-0.3, -0.25) is 4.79 Å². The SMILES string of the molecule is CCC(CC)(C(=O)NC1CCC(O)CC1)C(N)=S. The lowest BCUT2D eigenvalue weighted by Crippen LogP contribution is -2.51. The van der Waals surface area contributed by atoms with Crippen LogP contribution in [0.15, 0.2) is 0 Å². The van der Waals surface area contributed by atoms with Crippen LogP contribution in [0.2, 0.25) is 0 Å². The Balaban J connectivity index is 2.65. The van der Waals surface area contributed by atoms with Crippen LogP contribution in [0.1, 0.15) is 52.4 Å². The number of carbonyl (C=O) groups is 1. The molecule has 4 N–H and O–H groups in total. The quantitative estimate of drug-likeness (QED) is 0.663. The monoisotopic (exact) mass is 272 g/mol. The minimum absolute atomic E-state index is 0.0543. The maximum atomic E-state index is 12.4. The summed E-state index contributed by atoms with van der Waals surface area (Å²) in [6.45, 7) is 3.87. The van der Waals surface area contributed by atoms with E-state index in [9.17, 15) is 9.90 Å². The van der Waals surface area contributed by atoms with Crippen LogP contribution in [0.3, 0.4) is 0 Å². The Kier molecular flexibility index (Phi) is 5.53. The summed E-state index contributed by atoms with van der Waals surface area (Å²) in [7, 11) is 0. The highest BCUT2D eigenvalue weighted by Gasteiger charge is 2.39. The highest BCUT2D eigenvalue weighted by atomic mass is 32.1. The first-order chi connectivity index (χ1) is 8.46. The Morgan fingerprint density at radius 1 is 1.33 bits per heavy atom. The summed E-state index contributed by atoms with van der Waals surface area (Å²) < 4.78 is 0. The van der Waals surface area contributed by atoms with Crippen LogP contribution >= 0.6 is 12.2 Å². The maximum Gasteiger partial charge on any atom is 0.233 e. The Bertz CT molecular complexity index is 308. The molecule has 1 saturated carbocycles. The molecule has 4 nitrogen and oxygen atoms in total. The number of thiocarbonyl (C=S) groups is 1. The molecule has 1 rings (SSSR count). The predicted molar refractivity (Wildman–Crippen MR) is 76.2 cm³/mol. The number of rotatable bonds is 5. The molecule has 0 radical (unpaired) electrons. The zero-order chi connectivity index (χ0) is 13.8. The van der Waals surface area contributed by atoms with Crippen LogP contribution in [0, 0.1) is 5.41 Å². The van der Waals surface area contributed by atoms with Crippen LogP contribution < -0.4 is 11.1 Å². The van der Waals surface area contributed by atoms with E-state index in [2.05, 4.69) is 5.32 Å². The Hall–Kier alpha value is -0.680. The first-order valence-electron chi connectivity index (χ1n) is 6.75. The summed E-state index contributed by atoms with van der Waals surface area (Å²) in [5.41, 5.74) is 5.03. The van der Waals surface area contributed by atoms with Crippen molar-refractivity contribution in [2.75, 3.05) is 0 Å². The molecule has 18 heavy (non-hydrogen) atoms. The molecular formula is C13H24N2O2S. The first kappa shape index (κ1) is 15.4. The Labute approximate surface area is 114 Å². The van der Waals surface area contributed by atoms with Crippen molar-refractivity contribution in [3.8, 4) is 0 Å². The third-order valence-electron chi connectivity index (χ3n) is 4.15. The van der Waals surface area contributed by atoms with Gasteiger partial charge in [0.15, 0.2) is 0 Å². The van der Waals surface area contributed by atoms with Gasteiger partial charge in [-0.05, 0) is 38.5 Å². The van der Waals surface area contributed by atoms with Gasteiger partial charge in [0.25, 0.3) is 0 Å². The van der Waals surface area contributed by atoms with Gasteiger partial charge < -0.3 is 16.2 Å². The Morgan fingerprint density at radius 3 is 2.22 bits per heavy atom. The molecule has 1 amide bonds. The van der Waals surface area contributed by atoms with Gasteiger partial charge in [0.1, 0.15) is 0 Å². The van der Waals surface area contributed by atoms with Crippen molar-refractivity contribution in [3.05, 3.63) is 0 Å². The minimum atomic E-state index is -0.717. The van der Waals surface area contributed by atoms with Gasteiger partial charge in [-0.2, -0.15) is 0 Å². The van der Waals surface area contributed by atoms with E-state index in [1.807, 2.05) is 13.8 Å². The van der Waals surface area contributed by atoms with E-state index in [-0.39, 0.29) is 23.0 Å². The second-order valence-electron chi connectivity index (χ2n) is 5.13. The van der Waals surface area contributed by atoms with Gasteiger partial charge in [-0.25, -0.2) is 0 Å². The van der Waals surface area contributed by atoms with Gasteiger partial charge in [0.05, 0.1) is 16.5 Å². The lowest BCUT2D eigenvalue weighted by atomic mass is 9.80. The summed E-state index contributed by atoms with van der Waals surface area (Å²) in [6.07, 6.45) is 4.20. The van der Waals surface area contributed by atoms with Crippen LogP contribution in [-0.2, 0) is 4.79 Å². The van der Waals surface area contributed by atoms with Gasteiger partial charge in [-0.1, -0.05) is 26.1 Å². The molecule has 1 fully saturated rings. The van der Waals surface area contributed by atoms with Crippen molar-refractivity contribution in [1.82, 2.24) is 5.32 Å². The number of aliphatic hydroxyl groups is 1. The van der Waals surface area contributed by atoms with Gasteiger partial charge in [0, 0.05) is 6.04 Å². The summed E-state index contributed by atoms with van der Waals surface area (Å²) in [5, 5.41) is 12.5. The molecule has 0 atom stereocenters. The summed E-state index contributed by atoms with van der Waals surface area (Å²) in [4.78, 5) is 12.7. The zero-order valence-electron chi connectivity index (χ0n) is 11.2. The number of amides is 1. The number of hydrogen-bond donors (Lipinski definition) is 3. The molecule has 0 aromatic heterocycles. The zero-order valence-corrected chi connectivity index (χ0v) is 12.1. The topological polar surface area (TPSA) is 75.3 Å². The summed E-state index contributed by atoms with van der Waals surface area (Å²) in [6, 6.07) is 0.146. The normalized spacial score (nSPS) is 24.6. The molecule has 1 aliphatic rings. The molecule has 0 unspecified atom stereocenters. The molecule has 1 aliphatic carbocycles. The lowest BCUT2D eigenvalue weighted by molar-refractivity contribution is -0.129. The van der Waals surface area contributed by atoms with Crippen molar-refractivity contribution in [2.45, 2.75) is 64.5 Å². The highest BCUT2D eigenvalue weighted by Crippen LogP contribution is 2.28. The number of hydrogen-bond acceptors (Lipinski definition) is 3. The predicted octanol–water partition coefficient (Wildman–Crippen LogP) is 1.50. The largest absolute Gasteiger partial charge is 0.393 e. The molecule has 104 valence electrons. The Morgan fingerprint density at radius 2 is 1.83 bits per heavy atom. The van der Waals surface area contributed by atoms with Gasteiger partial charge >= 0.3 is 0 Å². The smallest absolute Gasteiger partial charge is 0.233 e. The molecular weight excluding hydrogens is 248 g/mol. The molecule has 0 bridgehead atoms. The molecule has 5 heteroatoms. The highest BCUT2D eigenvalue weighted by molar-refractivity contribution is 7.80. The molecule has 0 saturated heterocycles. The minimum Gasteiger partial charge on any atom is -0.393 e. The fraction of sp³-hybridized carbons (Fsp3) is 0.846. The lowest BCUT2D eigenvalue weighted by Gasteiger charge is -2.33. The van der Waals surface area contributed by atoms with E-state index < -0.39 is 5.41 Å². The van der Waals surface area contributed by atoms with Crippen molar-refractivity contribution in [2.24, 2.45) is 11.1 Å². The number of carbonyl (C=O) groups excluding carboxylic acids is 1. The van der Waals surface area contributed by atoms with E-state index in [1.54, 1.807) is 0 Å². The van der Waals surface area contributed by atoms with Crippen molar-refractivity contribution in [1.29, 1.82) is 0 Å². The number of aliphatic hydroxyl groups excluding tert-OH is 1. The first-order valence-corrected chi connectivity index (χ1v) is 7.16. The maximum absolute atomic E-state index is 12.4.